The maximum atomic E-state index is 4.91. The molecular formula is C18H20BrN5S. The van der Waals surface area contributed by atoms with E-state index < -0.39 is 5.66 Å². The van der Waals surface area contributed by atoms with Crippen LogP contribution in [0.25, 0.3) is 0 Å². The van der Waals surface area contributed by atoms with Crippen LogP contribution in [0.1, 0.15) is 19.4 Å². The zero-order chi connectivity index (χ0) is 16.6. The van der Waals surface area contributed by atoms with E-state index in [1.165, 1.54) is 0 Å². The van der Waals surface area contributed by atoms with E-state index in [1.807, 2.05) is 47.1 Å². The molecule has 0 aromatic heterocycles. The monoisotopic (exact) mass is 417 g/mol. The van der Waals surface area contributed by atoms with E-state index in [-0.39, 0.29) is 17.0 Å². The number of anilines is 1. The van der Waals surface area contributed by atoms with Crippen LogP contribution < -0.4 is 27.5 Å². The maximum Gasteiger partial charge on any atom is 0.276 e. The van der Waals surface area contributed by atoms with Gasteiger partial charge in [-0.2, -0.15) is 5.43 Å². The standard InChI is InChI=1S/C18H19N5S.BrH/c1-14-18(2,19-13-24-14)23-21-17(15-9-5-3-6-10-15)20-22(23)16-11-7-4-8-12-16;/h3-14H,1-2H3,(H,20,21);1H. The highest BCUT2D eigenvalue weighted by atomic mass is 79.9. The zero-order valence-corrected chi connectivity index (χ0v) is 16.5. The minimum absolute atomic E-state index is 0. The molecule has 0 fully saturated rings. The lowest BCUT2D eigenvalue weighted by atomic mass is 10.1. The molecule has 0 saturated carbocycles. The number of rotatable bonds is 3. The van der Waals surface area contributed by atoms with Gasteiger partial charge in [-0.25, -0.2) is 0 Å². The molecule has 7 heteroatoms. The smallest absolute Gasteiger partial charge is 0.276 e. The Kier molecular flexibility index (Phi) is 5.17. The van der Waals surface area contributed by atoms with Crippen LogP contribution >= 0.6 is 11.8 Å². The second-order valence-corrected chi connectivity index (χ2v) is 7.25. The highest BCUT2D eigenvalue weighted by Crippen LogP contribution is 2.37. The Hall–Kier alpha value is -1.83. The van der Waals surface area contributed by atoms with E-state index in [0.717, 1.165) is 17.1 Å². The molecule has 2 aliphatic rings. The summed E-state index contributed by atoms with van der Waals surface area (Å²) in [6.07, 6.45) is 0. The van der Waals surface area contributed by atoms with Crippen molar-refractivity contribution in [3.8, 4) is 0 Å². The van der Waals surface area contributed by atoms with Gasteiger partial charge in [0.2, 0.25) is 0 Å². The quantitative estimate of drug-likeness (QED) is 0.681. The van der Waals surface area contributed by atoms with Crippen molar-refractivity contribution in [3.05, 3.63) is 66.2 Å². The molecule has 2 aliphatic heterocycles. The summed E-state index contributed by atoms with van der Waals surface area (Å²) in [6, 6.07) is 20.6. The maximum absolute atomic E-state index is 4.91. The summed E-state index contributed by atoms with van der Waals surface area (Å²) < 4.78 is 0. The number of nitrogens with zero attached hydrogens (tertiary/aromatic N) is 4. The lowest BCUT2D eigenvalue weighted by Crippen LogP contribution is -3.00. The number of aliphatic imine (C=N–C) groups is 1. The number of amidine groups is 1. The Morgan fingerprint density at radius 1 is 1.04 bits per heavy atom. The van der Waals surface area contributed by atoms with Crippen LogP contribution in [0.4, 0.5) is 5.69 Å². The number of hydrazine groups is 1. The summed E-state index contributed by atoms with van der Waals surface area (Å²) in [7, 11) is 0. The molecule has 0 amide bonds. The Morgan fingerprint density at radius 3 is 2.28 bits per heavy atom. The van der Waals surface area contributed by atoms with Gasteiger partial charge in [0.25, 0.3) is 5.84 Å². The number of quaternary nitrogens is 1. The summed E-state index contributed by atoms with van der Waals surface area (Å²) in [5, 5.41) is 9.33. The van der Waals surface area contributed by atoms with Gasteiger partial charge in [0, 0.05) is 0 Å². The van der Waals surface area contributed by atoms with E-state index >= 15 is 0 Å². The summed E-state index contributed by atoms with van der Waals surface area (Å²) in [4.78, 5) is 4.73. The largest absolute Gasteiger partial charge is 1.00 e. The van der Waals surface area contributed by atoms with Gasteiger partial charge >= 0.3 is 0 Å². The van der Waals surface area contributed by atoms with Gasteiger partial charge in [-0.1, -0.05) is 41.5 Å². The number of thioether (sulfide) groups is 1. The molecule has 2 heterocycles. The molecule has 2 atom stereocenters. The number of halogens is 1. The average Bonchev–Trinajstić information content (AvgIpc) is 3.22. The molecule has 2 unspecified atom stereocenters. The third-order valence-electron chi connectivity index (χ3n) is 4.50. The summed E-state index contributed by atoms with van der Waals surface area (Å²) >= 11 is 1.74. The highest BCUT2D eigenvalue weighted by molar-refractivity contribution is 8.12. The lowest BCUT2D eigenvalue weighted by Gasteiger charge is -2.36. The molecule has 0 radical (unpaired) electrons. The first-order valence-corrected chi connectivity index (χ1v) is 8.95. The third kappa shape index (κ3) is 3.19. The van der Waals surface area contributed by atoms with E-state index in [4.69, 9.17) is 10.1 Å². The van der Waals surface area contributed by atoms with Crippen molar-refractivity contribution in [2.24, 2.45) is 10.1 Å². The first-order chi connectivity index (χ1) is 11.7. The first kappa shape index (κ1) is 18.0. The second kappa shape index (κ2) is 7.19. The highest BCUT2D eigenvalue weighted by Gasteiger charge is 2.48. The van der Waals surface area contributed by atoms with E-state index in [2.05, 4.69) is 48.7 Å². The topological polar surface area (TPSA) is 47.8 Å². The Bertz CT molecular complexity index is 783. The van der Waals surface area contributed by atoms with Gasteiger partial charge in [0.05, 0.1) is 16.4 Å². The van der Waals surface area contributed by atoms with Crippen molar-refractivity contribution >= 4 is 28.8 Å². The SMILES string of the molecule is CC1SC=NC1(C)N1N=C(c2ccccc2)[NH2+]N1c1ccccc1.[Br-]. The Labute approximate surface area is 162 Å². The molecule has 0 aliphatic carbocycles. The number of hydrogen-bond donors (Lipinski definition) is 1. The van der Waals surface area contributed by atoms with Crippen molar-refractivity contribution < 1.29 is 22.4 Å². The number of nitrogens with two attached hydrogens (primary N) is 1. The number of benzene rings is 2. The van der Waals surface area contributed by atoms with Gasteiger partial charge in [-0.05, 0) is 38.1 Å². The van der Waals surface area contributed by atoms with Crippen LogP contribution in [0.15, 0.2) is 70.8 Å². The lowest BCUT2D eigenvalue weighted by molar-refractivity contribution is -0.567. The van der Waals surface area contributed by atoms with Gasteiger partial charge in [0.1, 0.15) is 5.69 Å². The summed E-state index contributed by atoms with van der Waals surface area (Å²) in [5.41, 5.74) is 5.79. The molecule has 2 aromatic rings. The van der Waals surface area contributed by atoms with E-state index in [9.17, 15) is 0 Å². The van der Waals surface area contributed by atoms with Crippen molar-refractivity contribution in [1.29, 1.82) is 0 Å². The fourth-order valence-corrected chi connectivity index (χ4v) is 3.72. The molecule has 2 N–H and O–H groups in total. The number of para-hydroxylation sites is 1. The molecular weight excluding hydrogens is 398 g/mol. The van der Waals surface area contributed by atoms with Crippen LogP contribution in [0, 0.1) is 0 Å². The fourth-order valence-electron chi connectivity index (χ4n) is 2.85. The Balaban J connectivity index is 0.00000182. The first-order valence-electron chi connectivity index (χ1n) is 8.01. The van der Waals surface area contributed by atoms with Gasteiger partial charge in [-0.15, -0.1) is 22.0 Å². The van der Waals surface area contributed by atoms with Crippen molar-refractivity contribution in [2.75, 3.05) is 5.12 Å². The van der Waals surface area contributed by atoms with E-state index in [1.54, 1.807) is 11.8 Å². The average molecular weight is 418 g/mol. The number of hydrazone groups is 1. The molecule has 0 bridgehead atoms. The van der Waals surface area contributed by atoms with Gasteiger partial charge in [-0.3, -0.25) is 4.99 Å². The molecule has 5 nitrogen and oxygen atoms in total. The van der Waals surface area contributed by atoms with Gasteiger partial charge in [0.15, 0.2) is 5.66 Å². The zero-order valence-electron chi connectivity index (χ0n) is 14.1. The second-order valence-electron chi connectivity index (χ2n) is 6.06. The van der Waals surface area contributed by atoms with Crippen LogP contribution in [0.2, 0.25) is 0 Å². The minimum atomic E-state index is -0.409. The third-order valence-corrected chi connectivity index (χ3v) is 5.58. The minimum Gasteiger partial charge on any atom is -1.00 e. The predicted molar refractivity (Wildman–Crippen MR) is 99.6 cm³/mol. The summed E-state index contributed by atoms with van der Waals surface area (Å²) in [6.45, 7) is 4.33. The van der Waals surface area contributed by atoms with E-state index in [0.29, 0.717) is 5.25 Å². The molecule has 0 spiro atoms. The normalized spacial score (nSPS) is 25.0. The fraction of sp³-hybridized carbons (Fsp3) is 0.222. The van der Waals surface area contributed by atoms with Crippen LogP contribution in [-0.4, -0.2) is 27.4 Å². The molecule has 4 rings (SSSR count). The Morgan fingerprint density at radius 2 is 1.68 bits per heavy atom. The van der Waals surface area contributed by atoms with Crippen LogP contribution in [-0.2, 0) is 0 Å². The molecule has 0 saturated heterocycles. The van der Waals surface area contributed by atoms with Crippen molar-refractivity contribution in [1.82, 2.24) is 5.12 Å². The number of hydrogen-bond acceptors (Lipinski definition) is 5. The van der Waals surface area contributed by atoms with Crippen LogP contribution in [0.3, 0.4) is 0 Å². The van der Waals surface area contributed by atoms with Crippen molar-refractivity contribution in [2.45, 2.75) is 24.8 Å². The molecule has 25 heavy (non-hydrogen) atoms. The summed E-state index contributed by atoms with van der Waals surface area (Å²) in [5.74, 6) is 0.944. The van der Waals surface area contributed by atoms with Crippen molar-refractivity contribution in [3.63, 3.8) is 0 Å². The molecule has 130 valence electrons. The van der Waals surface area contributed by atoms with Crippen LogP contribution in [0.5, 0.6) is 0 Å². The van der Waals surface area contributed by atoms with Gasteiger partial charge < -0.3 is 17.0 Å². The molecule has 2 aromatic carbocycles. The predicted octanol–water partition coefficient (Wildman–Crippen LogP) is -0.552.